The normalized spacial score (nSPS) is 11.8. The van der Waals surface area contributed by atoms with Gasteiger partial charge in [0, 0.05) is 6.20 Å². The van der Waals surface area contributed by atoms with Gasteiger partial charge in [0.15, 0.2) is 11.7 Å². The Labute approximate surface area is 129 Å². The zero-order valence-corrected chi connectivity index (χ0v) is 12.3. The first-order valence-electron chi connectivity index (χ1n) is 7.00. The number of rotatable bonds is 6. The largest absolute Gasteiger partial charge is 0.494 e. The molecule has 110 valence electrons. The summed E-state index contributed by atoms with van der Waals surface area (Å²) in [5.41, 5.74) is 1.33. The summed E-state index contributed by atoms with van der Waals surface area (Å²) in [6.45, 7) is 2.54. The van der Waals surface area contributed by atoms with Gasteiger partial charge >= 0.3 is 0 Å². The molecule has 0 N–H and O–H groups in total. The lowest BCUT2D eigenvalue weighted by Gasteiger charge is -2.04. The number of nitriles is 1. The van der Waals surface area contributed by atoms with Crippen LogP contribution in [0.1, 0.15) is 24.1 Å². The second-order valence-corrected chi connectivity index (χ2v) is 4.55. The summed E-state index contributed by atoms with van der Waals surface area (Å²) in [6, 6.07) is 14.6. The Bertz CT molecular complexity index is 685. The van der Waals surface area contributed by atoms with Crippen LogP contribution >= 0.6 is 0 Å². The summed E-state index contributed by atoms with van der Waals surface area (Å²) in [4.78, 5) is 16.2. The first kappa shape index (κ1) is 15.5. The molecule has 0 fully saturated rings. The Balaban J connectivity index is 2.08. The molecular formula is C18H16N2O2. The molecule has 0 saturated carbocycles. The highest BCUT2D eigenvalue weighted by Gasteiger charge is 2.18. The number of ether oxygens (including phenoxy) is 1. The lowest BCUT2D eigenvalue weighted by atomic mass is 10.00. The minimum Gasteiger partial charge on any atom is -0.494 e. The molecule has 0 spiro atoms. The molecule has 0 radical (unpaired) electrons. The molecule has 1 aromatic heterocycles. The Morgan fingerprint density at radius 3 is 2.68 bits per heavy atom. The van der Waals surface area contributed by atoms with Crippen LogP contribution < -0.4 is 4.74 Å². The average molecular weight is 292 g/mol. The monoisotopic (exact) mass is 292 g/mol. The van der Waals surface area contributed by atoms with E-state index < -0.39 is 5.92 Å². The number of carbonyl (C=O) groups is 1. The summed E-state index contributed by atoms with van der Waals surface area (Å²) < 4.78 is 5.36. The molecule has 22 heavy (non-hydrogen) atoms. The van der Waals surface area contributed by atoms with Crippen molar-refractivity contribution in [3.63, 3.8) is 0 Å². The number of hydrogen-bond donors (Lipinski definition) is 0. The van der Waals surface area contributed by atoms with Gasteiger partial charge in [0.1, 0.15) is 5.75 Å². The topological polar surface area (TPSA) is 63.0 Å². The number of hydrogen-bond acceptors (Lipinski definition) is 4. The Morgan fingerprint density at radius 1 is 1.32 bits per heavy atom. The fourth-order valence-corrected chi connectivity index (χ4v) is 1.94. The zero-order chi connectivity index (χ0) is 15.8. The van der Waals surface area contributed by atoms with Crippen molar-refractivity contribution in [3.8, 4) is 11.8 Å². The van der Waals surface area contributed by atoms with Gasteiger partial charge in [-0.2, -0.15) is 5.26 Å². The molecule has 0 amide bonds. The van der Waals surface area contributed by atoms with Crippen molar-refractivity contribution in [3.05, 3.63) is 66.0 Å². The highest BCUT2D eigenvalue weighted by molar-refractivity contribution is 6.00. The van der Waals surface area contributed by atoms with Gasteiger partial charge in [-0.1, -0.05) is 24.3 Å². The predicted molar refractivity (Wildman–Crippen MR) is 84.2 cm³/mol. The molecule has 4 nitrogen and oxygen atoms in total. The van der Waals surface area contributed by atoms with Crippen LogP contribution in [-0.4, -0.2) is 17.4 Å². The first-order chi connectivity index (χ1) is 10.7. The van der Waals surface area contributed by atoms with Crippen molar-refractivity contribution in [2.75, 3.05) is 6.61 Å². The lowest BCUT2D eigenvalue weighted by Crippen LogP contribution is -2.09. The van der Waals surface area contributed by atoms with Crippen molar-refractivity contribution >= 4 is 11.9 Å². The number of carbonyl (C=O) groups excluding carboxylic acids is 1. The van der Waals surface area contributed by atoms with E-state index in [4.69, 9.17) is 4.74 Å². The maximum absolute atomic E-state index is 12.1. The van der Waals surface area contributed by atoms with Crippen molar-refractivity contribution in [1.29, 1.82) is 5.26 Å². The SMILES string of the molecule is CCOc1ccc(/C=C/C(=O)[C@@H](C#N)c2ccccn2)cc1. The number of nitrogens with zero attached hydrogens (tertiary/aromatic N) is 2. The molecule has 0 aliphatic heterocycles. The van der Waals surface area contributed by atoms with Gasteiger partial charge in [-0.25, -0.2) is 0 Å². The van der Waals surface area contributed by atoms with E-state index in [0.717, 1.165) is 11.3 Å². The minimum absolute atomic E-state index is 0.282. The van der Waals surface area contributed by atoms with Crippen LogP contribution in [0.5, 0.6) is 5.75 Å². The fourth-order valence-electron chi connectivity index (χ4n) is 1.94. The van der Waals surface area contributed by atoms with E-state index in [1.54, 1.807) is 30.5 Å². The van der Waals surface area contributed by atoms with Gasteiger partial charge in [-0.05, 0) is 42.8 Å². The van der Waals surface area contributed by atoms with E-state index in [0.29, 0.717) is 12.3 Å². The van der Waals surface area contributed by atoms with Crippen LogP contribution in [-0.2, 0) is 4.79 Å². The number of ketones is 1. The highest BCUT2D eigenvalue weighted by Crippen LogP contribution is 2.16. The second kappa shape index (κ2) is 7.75. The van der Waals surface area contributed by atoms with Gasteiger partial charge in [-0.15, -0.1) is 0 Å². The van der Waals surface area contributed by atoms with Gasteiger partial charge in [0.05, 0.1) is 18.4 Å². The molecule has 0 saturated heterocycles. The van der Waals surface area contributed by atoms with Crippen molar-refractivity contribution in [2.45, 2.75) is 12.8 Å². The molecule has 2 rings (SSSR count). The van der Waals surface area contributed by atoms with E-state index >= 15 is 0 Å². The van der Waals surface area contributed by atoms with Gasteiger partial charge in [0.2, 0.25) is 0 Å². The molecular weight excluding hydrogens is 276 g/mol. The van der Waals surface area contributed by atoms with Crippen molar-refractivity contribution < 1.29 is 9.53 Å². The number of benzene rings is 1. The van der Waals surface area contributed by atoms with Crippen LogP contribution in [0, 0.1) is 11.3 Å². The van der Waals surface area contributed by atoms with Crippen molar-refractivity contribution in [2.24, 2.45) is 0 Å². The Morgan fingerprint density at radius 2 is 2.09 bits per heavy atom. The summed E-state index contributed by atoms with van der Waals surface area (Å²) in [5.74, 6) is -0.371. The molecule has 1 heterocycles. The van der Waals surface area contributed by atoms with E-state index in [1.165, 1.54) is 6.08 Å². The third-order valence-corrected chi connectivity index (χ3v) is 3.03. The Hall–Kier alpha value is -2.93. The highest BCUT2D eigenvalue weighted by atomic mass is 16.5. The third-order valence-electron chi connectivity index (χ3n) is 3.03. The number of pyridine rings is 1. The van der Waals surface area contributed by atoms with Crippen LogP contribution in [0.3, 0.4) is 0 Å². The maximum Gasteiger partial charge on any atom is 0.178 e. The van der Waals surface area contributed by atoms with E-state index in [9.17, 15) is 10.1 Å². The van der Waals surface area contributed by atoms with Gasteiger partial charge in [-0.3, -0.25) is 9.78 Å². The van der Waals surface area contributed by atoms with E-state index in [2.05, 4.69) is 4.98 Å². The molecule has 4 heteroatoms. The molecule has 0 aliphatic carbocycles. The van der Waals surface area contributed by atoms with Crippen LogP contribution in [0.2, 0.25) is 0 Å². The zero-order valence-electron chi connectivity index (χ0n) is 12.3. The second-order valence-electron chi connectivity index (χ2n) is 4.55. The summed E-state index contributed by atoms with van der Waals surface area (Å²) in [5, 5.41) is 9.18. The standard InChI is InChI=1S/C18H16N2O2/c1-2-22-15-9-6-14(7-10-15)8-11-18(21)16(13-19)17-5-3-4-12-20-17/h3-12,16H,2H2,1H3/b11-8+/t16-/m0/s1. The van der Waals surface area contributed by atoms with E-state index in [1.807, 2.05) is 37.3 Å². The van der Waals surface area contributed by atoms with Crippen LogP contribution in [0.15, 0.2) is 54.7 Å². The predicted octanol–water partition coefficient (Wildman–Crippen LogP) is 3.37. The molecule has 2 aromatic rings. The first-order valence-corrected chi connectivity index (χ1v) is 7.00. The molecule has 1 aromatic carbocycles. The number of aromatic nitrogens is 1. The Kier molecular flexibility index (Phi) is 5.44. The number of allylic oxidation sites excluding steroid dienone is 1. The van der Waals surface area contributed by atoms with Crippen LogP contribution in [0.4, 0.5) is 0 Å². The molecule has 1 atom stereocenters. The summed E-state index contributed by atoms with van der Waals surface area (Å²) in [7, 11) is 0. The summed E-state index contributed by atoms with van der Waals surface area (Å²) in [6.07, 6.45) is 4.67. The third kappa shape index (κ3) is 4.03. The smallest absolute Gasteiger partial charge is 0.178 e. The minimum atomic E-state index is -0.875. The molecule has 0 aliphatic rings. The van der Waals surface area contributed by atoms with Gasteiger partial charge in [0.25, 0.3) is 0 Å². The lowest BCUT2D eigenvalue weighted by molar-refractivity contribution is -0.114. The molecule has 0 unspecified atom stereocenters. The fraction of sp³-hybridized carbons (Fsp3) is 0.167. The maximum atomic E-state index is 12.1. The molecule has 0 bridgehead atoms. The summed E-state index contributed by atoms with van der Waals surface area (Å²) >= 11 is 0. The quantitative estimate of drug-likeness (QED) is 0.766. The average Bonchev–Trinajstić information content (AvgIpc) is 2.56. The van der Waals surface area contributed by atoms with Crippen LogP contribution in [0.25, 0.3) is 6.08 Å². The van der Waals surface area contributed by atoms with E-state index in [-0.39, 0.29) is 5.78 Å². The van der Waals surface area contributed by atoms with Crippen molar-refractivity contribution in [1.82, 2.24) is 4.98 Å². The van der Waals surface area contributed by atoms with Gasteiger partial charge < -0.3 is 4.74 Å².